The molecule has 2 unspecified atom stereocenters. The van der Waals surface area contributed by atoms with E-state index in [4.69, 9.17) is 0 Å². The van der Waals surface area contributed by atoms with Crippen LogP contribution in [0, 0.1) is 17.0 Å². The summed E-state index contributed by atoms with van der Waals surface area (Å²) in [6, 6.07) is 4.54. The molecule has 5 nitrogen and oxygen atoms in total. The Kier molecular flexibility index (Phi) is 5.04. The van der Waals surface area contributed by atoms with Gasteiger partial charge in [0.2, 0.25) is 0 Å². The van der Waals surface area contributed by atoms with E-state index in [0.29, 0.717) is 11.8 Å². The molecule has 0 heterocycles. The average Bonchev–Trinajstić information content (AvgIpc) is 2.28. The number of rotatable bonds is 5. The largest absolute Gasteiger partial charge is 0.390 e. The van der Waals surface area contributed by atoms with Crippen LogP contribution in [0.3, 0.4) is 0 Å². The molecule has 0 radical (unpaired) electrons. The molecule has 2 N–H and O–H groups in total. The predicted octanol–water partition coefficient (Wildman–Crippen LogP) is 2.08. The Balaban J connectivity index is 3.08. The van der Waals surface area contributed by atoms with Crippen LogP contribution in [-0.4, -0.2) is 26.6 Å². The molecule has 0 aromatic heterocycles. The second-order valence-corrected chi connectivity index (χ2v) is 4.60. The first kappa shape index (κ1) is 14.1. The maximum Gasteiger partial charge on any atom is 0.275 e. The maximum atomic E-state index is 10.9. The minimum absolute atomic E-state index is 0.147. The summed E-state index contributed by atoms with van der Waals surface area (Å²) in [7, 11) is 0. The SMILES string of the molecule is Cc1ccc(C(O)C(O)CCBr)c([N+](=O)[O-])c1. The van der Waals surface area contributed by atoms with Crippen LogP contribution < -0.4 is 0 Å². The molecule has 0 bridgehead atoms. The first-order valence-electron chi connectivity index (χ1n) is 5.14. The molecule has 1 aromatic carbocycles. The Morgan fingerprint density at radius 2 is 2.12 bits per heavy atom. The molecule has 0 aliphatic rings. The van der Waals surface area contributed by atoms with Gasteiger partial charge in [0.1, 0.15) is 6.10 Å². The number of aliphatic hydroxyl groups excluding tert-OH is 2. The van der Waals surface area contributed by atoms with Crippen LogP contribution in [0.5, 0.6) is 0 Å². The van der Waals surface area contributed by atoms with Crippen molar-refractivity contribution in [1.29, 1.82) is 0 Å². The van der Waals surface area contributed by atoms with Gasteiger partial charge < -0.3 is 10.2 Å². The molecule has 17 heavy (non-hydrogen) atoms. The van der Waals surface area contributed by atoms with Gasteiger partial charge in [-0.3, -0.25) is 10.1 Å². The van der Waals surface area contributed by atoms with Gasteiger partial charge in [-0.25, -0.2) is 0 Å². The Hall–Kier alpha value is -0.980. The quantitative estimate of drug-likeness (QED) is 0.495. The van der Waals surface area contributed by atoms with Gasteiger partial charge in [-0.05, 0) is 25.0 Å². The van der Waals surface area contributed by atoms with Crippen LogP contribution in [-0.2, 0) is 0 Å². The number of alkyl halides is 1. The minimum Gasteiger partial charge on any atom is -0.390 e. The lowest BCUT2D eigenvalue weighted by Crippen LogP contribution is -2.19. The molecular weight excluding hydrogens is 290 g/mol. The summed E-state index contributed by atoms with van der Waals surface area (Å²) >= 11 is 3.14. The highest BCUT2D eigenvalue weighted by molar-refractivity contribution is 9.09. The van der Waals surface area contributed by atoms with Crippen molar-refractivity contribution < 1.29 is 15.1 Å². The van der Waals surface area contributed by atoms with Crippen molar-refractivity contribution in [3.05, 3.63) is 39.4 Å². The molecule has 1 aromatic rings. The lowest BCUT2D eigenvalue weighted by atomic mass is 9.99. The van der Waals surface area contributed by atoms with Crippen molar-refractivity contribution in [2.24, 2.45) is 0 Å². The zero-order valence-electron chi connectivity index (χ0n) is 9.34. The summed E-state index contributed by atoms with van der Waals surface area (Å²) in [6.07, 6.45) is -1.93. The van der Waals surface area contributed by atoms with E-state index in [9.17, 15) is 20.3 Å². The van der Waals surface area contributed by atoms with Crippen molar-refractivity contribution in [2.75, 3.05) is 5.33 Å². The van der Waals surface area contributed by atoms with Crippen LogP contribution in [0.15, 0.2) is 18.2 Å². The maximum absolute atomic E-state index is 10.9. The van der Waals surface area contributed by atoms with Crippen molar-refractivity contribution >= 4 is 21.6 Å². The number of aryl methyl sites for hydroxylation is 1. The van der Waals surface area contributed by atoms with Gasteiger partial charge in [-0.2, -0.15) is 0 Å². The molecule has 6 heteroatoms. The van der Waals surface area contributed by atoms with E-state index in [1.54, 1.807) is 13.0 Å². The molecule has 0 aliphatic heterocycles. The Morgan fingerprint density at radius 3 is 2.65 bits per heavy atom. The van der Waals surface area contributed by atoms with E-state index in [-0.39, 0.29) is 11.3 Å². The Bertz CT molecular complexity index is 410. The van der Waals surface area contributed by atoms with Gasteiger partial charge in [0, 0.05) is 11.4 Å². The fourth-order valence-corrected chi connectivity index (χ4v) is 2.01. The van der Waals surface area contributed by atoms with Crippen molar-refractivity contribution in [3.63, 3.8) is 0 Å². The monoisotopic (exact) mass is 303 g/mol. The summed E-state index contributed by atoms with van der Waals surface area (Å²) in [5.74, 6) is 0. The number of aliphatic hydroxyl groups is 2. The molecule has 0 saturated carbocycles. The third-order valence-corrected chi connectivity index (χ3v) is 2.93. The highest BCUT2D eigenvalue weighted by Crippen LogP contribution is 2.29. The fourth-order valence-electron chi connectivity index (χ4n) is 1.54. The number of benzene rings is 1. The van der Waals surface area contributed by atoms with Crippen molar-refractivity contribution in [1.82, 2.24) is 0 Å². The fraction of sp³-hybridized carbons (Fsp3) is 0.455. The van der Waals surface area contributed by atoms with E-state index in [0.717, 1.165) is 5.56 Å². The molecule has 2 atom stereocenters. The van der Waals surface area contributed by atoms with Gasteiger partial charge in [0.05, 0.1) is 16.6 Å². The highest BCUT2D eigenvalue weighted by Gasteiger charge is 2.25. The van der Waals surface area contributed by atoms with Crippen LogP contribution in [0.2, 0.25) is 0 Å². The standard InChI is InChI=1S/C11H14BrNO4/c1-7-2-3-8(9(6-7)13(16)17)11(15)10(14)4-5-12/h2-3,6,10-11,14-15H,4-5H2,1H3. The number of nitro benzene ring substituents is 1. The van der Waals surface area contributed by atoms with Gasteiger partial charge in [0.15, 0.2) is 0 Å². The van der Waals surface area contributed by atoms with Crippen LogP contribution in [0.25, 0.3) is 0 Å². The van der Waals surface area contributed by atoms with E-state index in [1.165, 1.54) is 12.1 Å². The molecule has 0 spiro atoms. The average molecular weight is 304 g/mol. The van der Waals surface area contributed by atoms with Crippen molar-refractivity contribution in [2.45, 2.75) is 25.6 Å². The summed E-state index contributed by atoms with van der Waals surface area (Å²) in [4.78, 5) is 10.3. The number of nitro groups is 1. The molecule has 0 saturated heterocycles. The van der Waals surface area contributed by atoms with E-state index >= 15 is 0 Å². The lowest BCUT2D eigenvalue weighted by molar-refractivity contribution is -0.386. The first-order valence-corrected chi connectivity index (χ1v) is 6.26. The van der Waals surface area contributed by atoms with Gasteiger partial charge >= 0.3 is 0 Å². The second-order valence-electron chi connectivity index (χ2n) is 3.81. The zero-order chi connectivity index (χ0) is 13.0. The smallest absolute Gasteiger partial charge is 0.275 e. The normalized spacial score (nSPS) is 14.4. The number of hydrogen-bond acceptors (Lipinski definition) is 4. The summed E-state index contributed by atoms with van der Waals surface area (Å²) in [6.45, 7) is 1.73. The number of nitrogens with zero attached hydrogens (tertiary/aromatic N) is 1. The van der Waals surface area contributed by atoms with Crippen LogP contribution in [0.1, 0.15) is 23.7 Å². The molecule has 94 valence electrons. The molecule has 0 aliphatic carbocycles. The lowest BCUT2D eigenvalue weighted by Gasteiger charge is -2.17. The molecule has 1 rings (SSSR count). The number of hydrogen-bond donors (Lipinski definition) is 2. The Labute approximate surface area is 107 Å². The molecule has 0 amide bonds. The van der Waals surface area contributed by atoms with E-state index < -0.39 is 17.1 Å². The zero-order valence-corrected chi connectivity index (χ0v) is 10.9. The second kappa shape index (κ2) is 6.09. The van der Waals surface area contributed by atoms with Gasteiger partial charge in [-0.15, -0.1) is 0 Å². The topological polar surface area (TPSA) is 83.6 Å². The Morgan fingerprint density at radius 1 is 1.47 bits per heavy atom. The minimum atomic E-state index is -1.24. The third kappa shape index (κ3) is 3.49. The third-order valence-electron chi connectivity index (χ3n) is 2.47. The van der Waals surface area contributed by atoms with Crippen LogP contribution >= 0.6 is 15.9 Å². The summed E-state index contributed by atoms with van der Waals surface area (Å²) < 4.78 is 0. The van der Waals surface area contributed by atoms with Crippen LogP contribution in [0.4, 0.5) is 5.69 Å². The summed E-state index contributed by atoms with van der Waals surface area (Å²) in [5, 5.41) is 30.9. The summed E-state index contributed by atoms with van der Waals surface area (Å²) in [5.41, 5.74) is 0.725. The predicted molar refractivity (Wildman–Crippen MR) is 67.2 cm³/mol. The highest BCUT2D eigenvalue weighted by atomic mass is 79.9. The van der Waals surface area contributed by atoms with Gasteiger partial charge in [-0.1, -0.05) is 22.0 Å². The van der Waals surface area contributed by atoms with E-state index in [2.05, 4.69) is 15.9 Å². The first-order chi connectivity index (χ1) is 7.97. The van der Waals surface area contributed by atoms with Crippen molar-refractivity contribution in [3.8, 4) is 0 Å². The molecule has 0 fully saturated rings. The number of halogens is 1. The molecular formula is C11H14BrNO4. The van der Waals surface area contributed by atoms with E-state index in [1.807, 2.05) is 0 Å². The van der Waals surface area contributed by atoms with Gasteiger partial charge in [0.25, 0.3) is 5.69 Å².